The zero-order valence-electron chi connectivity index (χ0n) is 21.6. The van der Waals surface area contributed by atoms with Crippen molar-refractivity contribution in [2.24, 2.45) is 22.7 Å². The second kappa shape index (κ2) is 10.0. The number of carbonyl (C=O) groups is 2. The van der Waals surface area contributed by atoms with E-state index >= 15 is 0 Å². The molecule has 2 saturated carbocycles. The van der Waals surface area contributed by atoms with Crippen molar-refractivity contribution >= 4 is 11.9 Å². The smallest absolute Gasteiger partial charge is 0.311 e. The number of ether oxygens (including phenoxy) is 1. The maximum absolute atomic E-state index is 12.8. The van der Waals surface area contributed by atoms with Crippen molar-refractivity contribution < 1.29 is 18.7 Å². The Hall–Kier alpha value is -2.82. The lowest BCUT2D eigenvalue weighted by Crippen LogP contribution is -2.53. The minimum Gasteiger partial charge on any atom is -0.469 e. The Balaban J connectivity index is 1.48. The van der Waals surface area contributed by atoms with Crippen LogP contribution in [0, 0.1) is 22.7 Å². The van der Waals surface area contributed by atoms with Gasteiger partial charge in [0.2, 0.25) is 0 Å². The monoisotopic (exact) mass is 477 g/mol. The standard InChI is InChI=1S/C30H39NO4/c1-21-12-15-26-29(2,17-9-18-30(26,3)28(33)34-5)24(21)14-13-22-16-19-35-25(22)20-31(4)27(32)23-10-7-6-8-11-23/h6-8,10-11,16,19,24,26H,1,9,12-15,17-18,20H2,2-5H3/t24-,26+,29+,30-/m0/s1. The van der Waals surface area contributed by atoms with Crippen LogP contribution in [0.5, 0.6) is 0 Å². The molecule has 0 N–H and O–H groups in total. The Labute approximate surface area is 209 Å². The van der Waals surface area contributed by atoms with E-state index in [1.807, 2.05) is 43.4 Å². The summed E-state index contributed by atoms with van der Waals surface area (Å²) < 4.78 is 11.1. The van der Waals surface area contributed by atoms with Crippen molar-refractivity contribution in [2.75, 3.05) is 14.2 Å². The van der Waals surface area contributed by atoms with Gasteiger partial charge in [0.25, 0.3) is 5.91 Å². The van der Waals surface area contributed by atoms with Crippen molar-refractivity contribution in [1.82, 2.24) is 4.90 Å². The molecular formula is C30H39NO4. The molecule has 1 aromatic heterocycles. The summed E-state index contributed by atoms with van der Waals surface area (Å²) in [6.45, 7) is 9.39. The van der Waals surface area contributed by atoms with Crippen LogP contribution >= 0.6 is 0 Å². The van der Waals surface area contributed by atoms with E-state index < -0.39 is 5.41 Å². The van der Waals surface area contributed by atoms with Crippen LogP contribution in [-0.4, -0.2) is 30.9 Å². The predicted octanol–water partition coefficient (Wildman–Crippen LogP) is 6.44. The minimum atomic E-state index is -0.429. The normalized spacial score (nSPS) is 28.3. The molecule has 1 heterocycles. The van der Waals surface area contributed by atoms with Crippen LogP contribution in [0.2, 0.25) is 0 Å². The number of fused-ring (bicyclic) bond motifs is 1. The van der Waals surface area contributed by atoms with Gasteiger partial charge in [-0.2, -0.15) is 0 Å². The number of amides is 1. The van der Waals surface area contributed by atoms with E-state index in [0.717, 1.165) is 56.3 Å². The Morgan fingerprint density at radius 2 is 1.91 bits per heavy atom. The highest BCUT2D eigenvalue weighted by atomic mass is 16.5. The Kier molecular flexibility index (Phi) is 7.25. The van der Waals surface area contributed by atoms with Crippen molar-refractivity contribution in [3.8, 4) is 0 Å². The summed E-state index contributed by atoms with van der Waals surface area (Å²) in [6, 6.07) is 11.4. The molecule has 0 bridgehead atoms. The molecule has 0 spiro atoms. The summed E-state index contributed by atoms with van der Waals surface area (Å²) in [5, 5.41) is 0. The zero-order valence-corrected chi connectivity index (χ0v) is 21.6. The van der Waals surface area contributed by atoms with Crippen molar-refractivity contribution in [2.45, 2.75) is 65.3 Å². The number of hydrogen-bond acceptors (Lipinski definition) is 4. The second-order valence-electron chi connectivity index (χ2n) is 11.0. The van der Waals surface area contributed by atoms with Gasteiger partial charge in [0, 0.05) is 12.6 Å². The first-order valence-corrected chi connectivity index (χ1v) is 12.8. The fourth-order valence-corrected chi connectivity index (χ4v) is 7.08. The third-order valence-electron chi connectivity index (χ3n) is 8.96. The maximum atomic E-state index is 12.8. The van der Waals surface area contributed by atoms with Gasteiger partial charge in [-0.25, -0.2) is 0 Å². The van der Waals surface area contributed by atoms with Gasteiger partial charge in [0.1, 0.15) is 5.76 Å². The third kappa shape index (κ3) is 4.70. The van der Waals surface area contributed by atoms with Crippen molar-refractivity contribution in [1.29, 1.82) is 0 Å². The molecule has 188 valence electrons. The van der Waals surface area contributed by atoms with Gasteiger partial charge >= 0.3 is 5.97 Å². The number of methoxy groups -OCH3 is 1. The fourth-order valence-electron chi connectivity index (χ4n) is 7.08. The average molecular weight is 478 g/mol. The van der Waals surface area contributed by atoms with Crippen LogP contribution in [0.3, 0.4) is 0 Å². The van der Waals surface area contributed by atoms with Gasteiger partial charge in [-0.1, -0.05) is 43.7 Å². The van der Waals surface area contributed by atoms with Crippen LogP contribution in [0.25, 0.3) is 0 Å². The van der Waals surface area contributed by atoms with E-state index in [1.165, 1.54) is 12.7 Å². The zero-order chi connectivity index (χ0) is 25.2. The Morgan fingerprint density at radius 1 is 1.17 bits per heavy atom. The number of aryl methyl sites for hydroxylation is 1. The second-order valence-corrected chi connectivity index (χ2v) is 11.0. The summed E-state index contributed by atoms with van der Waals surface area (Å²) in [5.74, 6) is 1.39. The molecule has 1 amide bonds. The van der Waals surface area contributed by atoms with Gasteiger partial charge in [-0.05, 0) is 86.5 Å². The molecule has 5 nitrogen and oxygen atoms in total. The number of carbonyl (C=O) groups excluding carboxylic acids is 2. The van der Waals surface area contributed by atoms with Crippen LogP contribution in [0.4, 0.5) is 0 Å². The van der Waals surface area contributed by atoms with E-state index in [-0.39, 0.29) is 17.3 Å². The summed E-state index contributed by atoms with van der Waals surface area (Å²) in [4.78, 5) is 27.3. The Morgan fingerprint density at radius 3 is 2.63 bits per heavy atom. The van der Waals surface area contributed by atoms with Crippen LogP contribution in [-0.2, 0) is 22.5 Å². The van der Waals surface area contributed by atoms with E-state index in [4.69, 9.17) is 9.15 Å². The number of esters is 1. The number of allylic oxidation sites excluding steroid dienone is 1. The highest BCUT2D eigenvalue weighted by molar-refractivity contribution is 5.93. The van der Waals surface area contributed by atoms with Gasteiger partial charge < -0.3 is 14.1 Å². The van der Waals surface area contributed by atoms with Crippen molar-refractivity contribution in [3.05, 3.63) is 71.7 Å². The summed E-state index contributed by atoms with van der Waals surface area (Å²) in [7, 11) is 3.32. The highest BCUT2D eigenvalue weighted by Crippen LogP contribution is 2.62. The fraction of sp³-hybridized carbons (Fsp3) is 0.533. The molecule has 0 unspecified atom stereocenters. The minimum absolute atomic E-state index is 0.0201. The first-order valence-electron chi connectivity index (χ1n) is 12.8. The third-order valence-corrected chi connectivity index (χ3v) is 8.96. The SMILES string of the molecule is C=C1CC[C@@H]2[C@](C)(CCC[C@]2(C)C(=O)OC)[C@H]1CCc1ccoc1CN(C)C(=O)c1ccccc1. The molecule has 0 saturated heterocycles. The van der Waals surface area contributed by atoms with E-state index in [2.05, 4.69) is 20.4 Å². The number of furan rings is 1. The molecule has 2 aromatic rings. The largest absolute Gasteiger partial charge is 0.469 e. The van der Waals surface area contributed by atoms with Crippen LogP contribution < -0.4 is 0 Å². The molecular weight excluding hydrogens is 438 g/mol. The molecule has 4 rings (SSSR count). The lowest BCUT2D eigenvalue weighted by molar-refractivity contribution is -0.168. The molecule has 35 heavy (non-hydrogen) atoms. The topological polar surface area (TPSA) is 59.8 Å². The predicted molar refractivity (Wildman–Crippen MR) is 137 cm³/mol. The average Bonchev–Trinajstić information content (AvgIpc) is 3.29. The van der Waals surface area contributed by atoms with Crippen molar-refractivity contribution in [3.63, 3.8) is 0 Å². The molecule has 2 aliphatic rings. The lowest BCUT2D eigenvalue weighted by atomic mass is 9.46. The van der Waals surface area contributed by atoms with E-state index in [0.29, 0.717) is 23.9 Å². The number of benzene rings is 1. The molecule has 5 heteroatoms. The molecule has 0 aliphatic heterocycles. The van der Waals surface area contributed by atoms with Gasteiger partial charge in [0.05, 0.1) is 25.3 Å². The first-order chi connectivity index (χ1) is 16.7. The quantitative estimate of drug-likeness (QED) is 0.340. The number of hydrogen-bond donors (Lipinski definition) is 0. The molecule has 1 aromatic carbocycles. The molecule has 2 aliphatic carbocycles. The molecule has 4 atom stereocenters. The van der Waals surface area contributed by atoms with Gasteiger partial charge in [-0.3, -0.25) is 9.59 Å². The lowest BCUT2D eigenvalue weighted by Gasteiger charge is -2.57. The van der Waals surface area contributed by atoms with Gasteiger partial charge in [0.15, 0.2) is 0 Å². The number of rotatable bonds is 7. The van der Waals surface area contributed by atoms with E-state index in [1.54, 1.807) is 11.2 Å². The first kappa shape index (κ1) is 25.3. The summed E-state index contributed by atoms with van der Waals surface area (Å²) in [5.41, 5.74) is 2.72. The molecule has 2 fully saturated rings. The van der Waals surface area contributed by atoms with Crippen LogP contribution in [0.15, 0.2) is 59.2 Å². The summed E-state index contributed by atoms with van der Waals surface area (Å²) >= 11 is 0. The molecule has 0 radical (unpaired) electrons. The van der Waals surface area contributed by atoms with Crippen LogP contribution in [0.1, 0.15) is 74.1 Å². The van der Waals surface area contributed by atoms with Gasteiger partial charge in [-0.15, -0.1) is 0 Å². The van der Waals surface area contributed by atoms with E-state index in [9.17, 15) is 9.59 Å². The maximum Gasteiger partial charge on any atom is 0.311 e. The summed E-state index contributed by atoms with van der Waals surface area (Å²) in [6.07, 6.45) is 8.55. The highest BCUT2D eigenvalue weighted by Gasteiger charge is 2.57. The number of nitrogens with zero attached hydrogens (tertiary/aromatic N) is 1. The Bertz CT molecular complexity index is 1070.